The van der Waals surface area contributed by atoms with Crippen molar-refractivity contribution in [1.29, 1.82) is 0 Å². The van der Waals surface area contributed by atoms with Crippen LogP contribution in [0.4, 0.5) is 0 Å². The summed E-state index contributed by atoms with van der Waals surface area (Å²) in [5, 5.41) is 4.38. The minimum absolute atomic E-state index is 0.219. The molecule has 1 aliphatic rings. The largest absolute Gasteiger partial charge is 0.456 e. The Kier molecular flexibility index (Phi) is 6.20. The SMILES string of the molecule is CC1(C)c2ccccc2-c2cccc(-c3nc(-c4ccccc4)nc(-c4ccc5c(c4)oc4cc(-n6c7ccccc7c7cccnc76)ccc45)n3)c21. The van der Waals surface area contributed by atoms with Gasteiger partial charge in [0.2, 0.25) is 0 Å². The van der Waals surface area contributed by atoms with Crippen molar-refractivity contribution < 1.29 is 4.42 Å². The molecule has 6 nitrogen and oxygen atoms in total. The lowest BCUT2D eigenvalue weighted by atomic mass is 9.80. The van der Waals surface area contributed by atoms with Crippen molar-refractivity contribution in [2.24, 2.45) is 0 Å². The van der Waals surface area contributed by atoms with E-state index in [4.69, 9.17) is 24.4 Å². The van der Waals surface area contributed by atoms with E-state index in [9.17, 15) is 0 Å². The number of nitrogens with zero attached hydrogens (tertiary/aromatic N) is 5. The van der Waals surface area contributed by atoms with E-state index >= 15 is 0 Å². The third-order valence-electron chi connectivity index (χ3n) is 10.9. The fourth-order valence-electron chi connectivity index (χ4n) is 8.48. The predicted octanol–water partition coefficient (Wildman–Crippen LogP) is 11.6. The van der Waals surface area contributed by atoms with Gasteiger partial charge in [-0.2, -0.15) is 0 Å². The molecule has 6 aromatic carbocycles. The maximum Gasteiger partial charge on any atom is 0.164 e. The summed E-state index contributed by atoms with van der Waals surface area (Å²) in [5.41, 5.74) is 12.2. The molecule has 0 unspecified atom stereocenters. The molecule has 0 fully saturated rings. The topological polar surface area (TPSA) is 69.6 Å². The van der Waals surface area contributed by atoms with Crippen LogP contribution in [0.5, 0.6) is 0 Å². The quantitative estimate of drug-likeness (QED) is 0.185. The Bertz CT molecular complexity index is 3050. The third kappa shape index (κ3) is 4.39. The Morgan fingerprint density at radius 1 is 0.509 bits per heavy atom. The summed E-state index contributed by atoms with van der Waals surface area (Å²) in [6.07, 6.45) is 1.85. The smallest absolute Gasteiger partial charge is 0.164 e. The first-order chi connectivity index (χ1) is 26.0. The fourth-order valence-corrected chi connectivity index (χ4v) is 8.48. The minimum atomic E-state index is -0.219. The molecule has 0 bridgehead atoms. The highest BCUT2D eigenvalue weighted by Crippen LogP contribution is 2.51. The molecule has 0 saturated carbocycles. The molecule has 0 radical (unpaired) electrons. The minimum Gasteiger partial charge on any atom is -0.456 e. The first kappa shape index (κ1) is 29.8. The van der Waals surface area contributed by atoms with Crippen molar-refractivity contribution in [2.75, 3.05) is 0 Å². The maximum absolute atomic E-state index is 6.63. The number of hydrogen-bond acceptors (Lipinski definition) is 5. The van der Waals surface area contributed by atoms with E-state index < -0.39 is 0 Å². The van der Waals surface area contributed by atoms with Crippen LogP contribution in [-0.4, -0.2) is 24.5 Å². The Balaban J connectivity index is 1.07. The van der Waals surface area contributed by atoms with Crippen LogP contribution < -0.4 is 0 Å². The van der Waals surface area contributed by atoms with Crippen molar-refractivity contribution in [1.82, 2.24) is 24.5 Å². The summed E-state index contributed by atoms with van der Waals surface area (Å²) < 4.78 is 8.83. The van der Waals surface area contributed by atoms with Crippen LogP contribution in [0.2, 0.25) is 0 Å². The summed E-state index contributed by atoms with van der Waals surface area (Å²) >= 11 is 0. The van der Waals surface area contributed by atoms with E-state index in [-0.39, 0.29) is 5.41 Å². The standard InChI is InChI=1S/C47H31N5O/c1-47(2)38-19-8-6-14-31(38)35-16-10-17-37(42(35)47)45-50-43(28-12-4-3-5-13-28)49-44(51-45)29-21-23-33-34-24-22-30(27-41(34)53-40(33)26-29)52-39-20-9-7-15-32(39)36-18-11-25-48-46(36)52/h3-27H,1-2H3. The van der Waals surface area contributed by atoms with Crippen LogP contribution in [0.15, 0.2) is 156 Å². The van der Waals surface area contributed by atoms with Gasteiger partial charge >= 0.3 is 0 Å². The van der Waals surface area contributed by atoms with Gasteiger partial charge in [-0.25, -0.2) is 19.9 Å². The highest BCUT2D eigenvalue weighted by molar-refractivity contribution is 6.09. The van der Waals surface area contributed by atoms with Crippen molar-refractivity contribution in [3.8, 4) is 51.0 Å². The zero-order valence-electron chi connectivity index (χ0n) is 29.1. The highest BCUT2D eigenvalue weighted by atomic mass is 16.3. The van der Waals surface area contributed by atoms with Crippen LogP contribution in [0.1, 0.15) is 25.0 Å². The molecule has 10 aromatic rings. The molecule has 0 N–H and O–H groups in total. The third-order valence-corrected chi connectivity index (χ3v) is 10.9. The molecular formula is C47H31N5O. The normalized spacial score (nSPS) is 13.2. The van der Waals surface area contributed by atoms with Crippen LogP contribution in [0.25, 0.3) is 94.9 Å². The summed E-state index contributed by atoms with van der Waals surface area (Å²) in [4.78, 5) is 20.2. The number of rotatable bonds is 4. The lowest BCUT2D eigenvalue weighted by Crippen LogP contribution is -2.17. The number of pyridine rings is 1. The molecule has 1 aliphatic carbocycles. The number of aromatic nitrogens is 5. The molecule has 0 saturated heterocycles. The average Bonchev–Trinajstić information content (AvgIpc) is 3.83. The van der Waals surface area contributed by atoms with Gasteiger partial charge in [0.1, 0.15) is 16.8 Å². The summed E-state index contributed by atoms with van der Waals surface area (Å²) in [5.74, 6) is 1.88. The van der Waals surface area contributed by atoms with Crippen LogP contribution in [-0.2, 0) is 5.41 Å². The zero-order chi connectivity index (χ0) is 35.3. The van der Waals surface area contributed by atoms with Gasteiger partial charge in [-0.15, -0.1) is 0 Å². The Morgan fingerprint density at radius 2 is 1.19 bits per heavy atom. The van der Waals surface area contributed by atoms with Gasteiger partial charge in [0, 0.05) is 55.9 Å². The summed E-state index contributed by atoms with van der Waals surface area (Å²) in [7, 11) is 0. The van der Waals surface area contributed by atoms with Crippen molar-refractivity contribution >= 4 is 43.9 Å². The number of furan rings is 1. The van der Waals surface area contributed by atoms with Gasteiger partial charge in [-0.05, 0) is 64.7 Å². The van der Waals surface area contributed by atoms with E-state index in [1.807, 2.05) is 42.6 Å². The van der Waals surface area contributed by atoms with Gasteiger partial charge in [0.25, 0.3) is 0 Å². The molecular weight excluding hydrogens is 651 g/mol. The van der Waals surface area contributed by atoms with Crippen molar-refractivity contribution in [2.45, 2.75) is 19.3 Å². The second-order valence-corrected chi connectivity index (χ2v) is 14.3. The number of hydrogen-bond donors (Lipinski definition) is 0. The van der Waals surface area contributed by atoms with Gasteiger partial charge in [-0.3, -0.25) is 4.57 Å². The molecule has 0 atom stereocenters. The Labute approximate surface area is 305 Å². The molecule has 250 valence electrons. The van der Waals surface area contributed by atoms with Crippen LogP contribution in [0, 0.1) is 0 Å². The number of fused-ring (bicyclic) bond motifs is 9. The lowest BCUT2D eigenvalue weighted by Gasteiger charge is -2.24. The highest BCUT2D eigenvalue weighted by Gasteiger charge is 2.38. The van der Waals surface area contributed by atoms with E-state index in [1.165, 1.54) is 27.6 Å². The molecule has 11 rings (SSSR count). The molecule has 53 heavy (non-hydrogen) atoms. The van der Waals surface area contributed by atoms with Gasteiger partial charge in [0.05, 0.1) is 11.2 Å². The first-order valence-corrected chi connectivity index (χ1v) is 17.9. The zero-order valence-corrected chi connectivity index (χ0v) is 29.1. The summed E-state index contributed by atoms with van der Waals surface area (Å²) in [6, 6.07) is 50.5. The average molecular weight is 682 g/mol. The lowest BCUT2D eigenvalue weighted by molar-refractivity contribution is 0.661. The second kappa shape index (κ2) is 11.0. The molecule has 4 aromatic heterocycles. The van der Waals surface area contributed by atoms with E-state index in [0.29, 0.717) is 17.5 Å². The van der Waals surface area contributed by atoms with E-state index in [2.05, 4.69) is 128 Å². The predicted molar refractivity (Wildman–Crippen MR) is 213 cm³/mol. The monoisotopic (exact) mass is 681 g/mol. The Morgan fingerprint density at radius 3 is 2.08 bits per heavy atom. The van der Waals surface area contributed by atoms with Crippen LogP contribution >= 0.6 is 0 Å². The fraction of sp³-hybridized carbons (Fsp3) is 0.0638. The molecule has 0 aliphatic heterocycles. The van der Waals surface area contributed by atoms with Gasteiger partial charge in [-0.1, -0.05) is 111 Å². The van der Waals surface area contributed by atoms with Gasteiger partial charge < -0.3 is 4.42 Å². The van der Waals surface area contributed by atoms with Crippen molar-refractivity contribution in [3.63, 3.8) is 0 Å². The maximum atomic E-state index is 6.63. The van der Waals surface area contributed by atoms with E-state index in [0.717, 1.165) is 60.9 Å². The van der Waals surface area contributed by atoms with Gasteiger partial charge in [0.15, 0.2) is 17.5 Å². The molecule has 0 amide bonds. The van der Waals surface area contributed by atoms with Crippen LogP contribution in [0.3, 0.4) is 0 Å². The second-order valence-electron chi connectivity index (χ2n) is 14.3. The van der Waals surface area contributed by atoms with Crippen molar-refractivity contribution in [3.05, 3.63) is 163 Å². The number of benzene rings is 6. The molecule has 0 spiro atoms. The first-order valence-electron chi connectivity index (χ1n) is 17.9. The summed E-state index contributed by atoms with van der Waals surface area (Å²) in [6.45, 7) is 4.58. The Hall–Kier alpha value is -6.92. The molecule has 4 heterocycles. The van der Waals surface area contributed by atoms with E-state index in [1.54, 1.807) is 0 Å². The molecule has 6 heteroatoms. The number of para-hydroxylation sites is 1.